The van der Waals surface area contributed by atoms with Gasteiger partial charge >= 0.3 is 49.6 Å². The van der Waals surface area contributed by atoms with E-state index in [1.165, 1.54) is 38.5 Å². The number of halogens is 4. The molecule has 0 saturated carbocycles. The van der Waals surface area contributed by atoms with Crippen molar-refractivity contribution in [2.24, 2.45) is 0 Å². The Balaban J connectivity index is 0. The van der Waals surface area contributed by atoms with Gasteiger partial charge in [-0.2, -0.15) is 0 Å². The molecule has 0 spiro atoms. The van der Waals surface area contributed by atoms with Gasteiger partial charge in [0.05, 0.1) is 0 Å². The first-order chi connectivity index (χ1) is 5.91. The molecule has 13 heavy (non-hydrogen) atoms. The predicted octanol–water partition coefficient (Wildman–Crippen LogP) is 5.74. The van der Waals surface area contributed by atoms with E-state index >= 15 is 0 Å². The summed E-state index contributed by atoms with van der Waals surface area (Å²) in [5.41, 5.74) is 0. The molecule has 0 heterocycles. The summed E-state index contributed by atoms with van der Waals surface area (Å²) in [6.07, 6.45) is 8.49. The van der Waals surface area contributed by atoms with Crippen LogP contribution in [-0.4, -0.2) is 13.9 Å². The summed E-state index contributed by atoms with van der Waals surface area (Å²) in [5, 5.41) is 0. The summed E-state index contributed by atoms with van der Waals surface area (Å²) in [7, 11) is 20.1. The topological polar surface area (TPSA) is 0 Å². The summed E-state index contributed by atoms with van der Waals surface area (Å²) in [6.45, 7) is 4.51. The first-order valence-electron chi connectivity index (χ1n) is 4.67. The van der Waals surface area contributed by atoms with Crippen LogP contribution < -0.4 is 0 Å². The number of unbranched alkanes of at least 4 members (excludes halogenated alkanes) is 5. The Bertz CT molecular complexity index is 80.6. The van der Waals surface area contributed by atoms with E-state index in [2.05, 4.69) is 13.8 Å². The molecular formula is C8H18Cl4Sn. The molecule has 0 N–H and O–H groups in total. The van der Waals surface area contributed by atoms with Crippen LogP contribution in [0.2, 0.25) is 0 Å². The van der Waals surface area contributed by atoms with Crippen molar-refractivity contribution in [2.45, 2.75) is 52.4 Å². The minimum atomic E-state index is -3.29. The minimum absolute atomic E-state index is 1.36. The van der Waals surface area contributed by atoms with Crippen molar-refractivity contribution in [3.8, 4) is 0 Å². The normalized spacial score (nSPS) is 10.6. The van der Waals surface area contributed by atoms with E-state index in [1.807, 2.05) is 0 Å². The van der Waals surface area contributed by atoms with Crippen LogP contribution in [0.15, 0.2) is 0 Å². The van der Waals surface area contributed by atoms with Gasteiger partial charge in [-0.15, -0.1) is 0 Å². The SMILES string of the molecule is CCCCCCCC.[Cl][Sn]([Cl])([Cl])[Cl]. The van der Waals surface area contributed by atoms with Crippen LogP contribution in [-0.2, 0) is 0 Å². The van der Waals surface area contributed by atoms with Crippen LogP contribution in [0.1, 0.15) is 52.4 Å². The van der Waals surface area contributed by atoms with E-state index in [-0.39, 0.29) is 0 Å². The Kier molecular flexibility index (Phi) is 16.1. The molecule has 0 aliphatic heterocycles. The van der Waals surface area contributed by atoms with E-state index < -0.39 is 13.9 Å². The maximum absolute atomic E-state index is 5.04. The van der Waals surface area contributed by atoms with E-state index in [1.54, 1.807) is 0 Å². The van der Waals surface area contributed by atoms with Gasteiger partial charge in [0, 0.05) is 0 Å². The molecule has 0 radical (unpaired) electrons. The summed E-state index contributed by atoms with van der Waals surface area (Å²) in [6, 6.07) is 0. The van der Waals surface area contributed by atoms with Gasteiger partial charge in [0.15, 0.2) is 0 Å². The molecule has 0 aromatic rings. The maximum atomic E-state index is 5.04. The molecule has 0 aromatic carbocycles. The predicted molar refractivity (Wildman–Crippen MR) is 68.2 cm³/mol. The summed E-state index contributed by atoms with van der Waals surface area (Å²) < 4.78 is 0. The number of hydrogen-bond donors (Lipinski definition) is 0. The van der Waals surface area contributed by atoms with Crippen LogP contribution in [0.25, 0.3) is 0 Å². The molecule has 0 fully saturated rings. The standard InChI is InChI=1S/C8H18.4ClH.Sn/c1-3-5-7-8-6-4-2;;;;;/h3-8H2,1-2H3;4*1H;/q;;;;;+4/p-4. The van der Waals surface area contributed by atoms with Gasteiger partial charge in [0.25, 0.3) is 0 Å². The van der Waals surface area contributed by atoms with Crippen LogP contribution in [0, 0.1) is 0 Å². The molecule has 0 aromatic heterocycles. The molecular weight excluding hydrogens is 357 g/mol. The third kappa shape index (κ3) is 41.2. The first-order valence-corrected chi connectivity index (χ1v) is 19.1. The molecule has 0 nitrogen and oxygen atoms in total. The van der Waals surface area contributed by atoms with Gasteiger partial charge in [-0.1, -0.05) is 52.4 Å². The second-order valence-electron chi connectivity index (χ2n) is 2.84. The molecule has 5 heteroatoms. The third-order valence-corrected chi connectivity index (χ3v) is 1.46. The van der Waals surface area contributed by atoms with Crippen LogP contribution >= 0.6 is 35.7 Å². The quantitative estimate of drug-likeness (QED) is 0.425. The third-order valence-electron chi connectivity index (χ3n) is 1.46. The van der Waals surface area contributed by atoms with Crippen molar-refractivity contribution < 1.29 is 0 Å². The molecule has 0 bridgehead atoms. The van der Waals surface area contributed by atoms with Crippen molar-refractivity contribution in [1.82, 2.24) is 0 Å². The van der Waals surface area contributed by atoms with E-state index in [4.69, 9.17) is 35.7 Å². The van der Waals surface area contributed by atoms with Gasteiger partial charge in [0.2, 0.25) is 0 Å². The van der Waals surface area contributed by atoms with E-state index in [9.17, 15) is 0 Å². The van der Waals surface area contributed by atoms with Gasteiger partial charge in [-0.3, -0.25) is 0 Å². The molecule has 82 valence electrons. The van der Waals surface area contributed by atoms with Crippen LogP contribution in [0.5, 0.6) is 0 Å². The van der Waals surface area contributed by atoms with Gasteiger partial charge in [-0.05, 0) is 0 Å². The molecule has 0 unspecified atom stereocenters. The number of rotatable bonds is 5. The Morgan fingerprint density at radius 1 is 0.692 bits per heavy atom. The number of hydrogen-bond acceptors (Lipinski definition) is 0. The van der Waals surface area contributed by atoms with E-state index in [0.29, 0.717) is 0 Å². The molecule has 0 rings (SSSR count). The fourth-order valence-corrected chi connectivity index (χ4v) is 0.854. The monoisotopic (exact) mass is 374 g/mol. The second-order valence-corrected chi connectivity index (χ2v) is 28.3. The molecule has 0 amide bonds. The van der Waals surface area contributed by atoms with Crippen molar-refractivity contribution >= 4 is 49.6 Å². The Morgan fingerprint density at radius 2 is 0.923 bits per heavy atom. The summed E-state index contributed by atoms with van der Waals surface area (Å²) in [5.74, 6) is 0. The van der Waals surface area contributed by atoms with Crippen LogP contribution in [0.4, 0.5) is 0 Å². The first kappa shape index (κ1) is 17.4. The fraction of sp³-hybridized carbons (Fsp3) is 1.00. The van der Waals surface area contributed by atoms with Gasteiger partial charge in [0.1, 0.15) is 0 Å². The molecule has 0 atom stereocenters. The van der Waals surface area contributed by atoms with Gasteiger partial charge in [-0.25, -0.2) is 0 Å². The Morgan fingerprint density at radius 3 is 1.08 bits per heavy atom. The van der Waals surface area contributed by atoms with Crippen LogP contribution in [0.3, 0.4) is 0 Å². The average molecular weight is 375 g/mol. The molecule has 0 aliphatic rings. The average Bonchev–Trinajstić information content (AvgIpc) is 1.95. The summed E-state index contributed by atoms with van der Waals surface area (Å²) in [4.78, 5) is 0. The van der Waals surface area contributed by atoms with Crippen molar-refractivity contribution in [3.05, 3.63) is 0 Å². The van der Waals surface area contributed by atoms with Crippen molar-refractivity contribution in [2.75, 3.05) is 0 Å². The summed E-state index contributed by atoms with van der Waals surface area (Å²) >= 11 is -3.29. The Labute approximate surface area is 101 Å². The zero-order valence-corrected chi connectivity index (χ0v) is 14.1. The van der Waals surface area contributed by atoms with Crippen molar-refractivity contribution in [3.63, 3.8) is 0 Å². The van der Waals surface area contributed by atoms with Crippen molar-refractivity contribution in [1.29, 1.82) is 0 Å². The molecule has 0 aliphatic carbocycles. The zero-order chi connectivity index (χ0) is 10.7. The molecule has 0 saturated heterocycles. The van der Waals surface area contributed by atoms with Gasteiger partial charge < -0.3 is 0 Å². The zero-order valence-electron chi connectivity index (χ0n) is 8.25. The Hall–Kier alpha value is 1.96. The van der Waals surface area contributed by atoms with E-state index in [0.717, 1.165) is 0 Å². The second kappa shape index (κ2) is 12.0. The fourth-order valence-electron chi connectivity index (χ4n) is 0.854.